The van der Waals surface area contributed by atoms with Crippen LogP contribution in [0.25, 0.3) is 0 Å². The second kappa shape index (κ2) is 7.18. The van der Waals surface area contributed by atoms with E-state index in [2.05, 4.69) is 4.90 Å². The highest BCUT2D eigenvalue weighted by Gasteiger charge is 2.56. The van der Waals surface area contributed by atoms with Gasteiger partial charge in [-0.25, -0.2) is 0 Å². The molecule has 2 bridgehead atoms. The number of nitrogens with zero attached hydrogens (tertiary/aromatic N) is 2. The molecule has 26 heavy (non-hydrogen) atoms. The van der Waals surface area contributed by atoms with Crippen LogP contribution in [0.5, 0.6) is 0 Å². The average molecular weight is 379 g/mol. The van der Waals surface area contributed by atoms with Gasteiger partial charge in [0, 0.05) is 37.7 Å². The predicted molar refractivity (Wildman–Crippen MR) is 95.8 cm³/mol. The van der Waals surface area contributed by atoms with Gasteiger partial charge < -0.3 is 14.7 Å². The van der Waals surface area contributed by atoms with Crippen molar-refractivity contribution in [2.75, 3.05) is 26.2 Å². The Labute approximate surface area is 157 Å². The molecule has 1 aromatic rings. The van der Waals surface area contributed by atoms with Crippen molar-refractivity contribution in [1.29, 1.82) is 0 Å². The van der Waals surface area contributed by atoms with E-state index in [9.17, 15) is 14.7 Å². The number of amides is 1. The largest absolute Gasteiger partial charge is 0.481 e. The van der Waals surface area contributed by atoms with Crippen molar-refractivity contribution in [3.05, 3.63) is 34.9 Å². The molecule has 0 saturated carbocycles. The minimum absolute atomic E-state index is 0.0456. The summed E-state index contributed by atoms with van der Waals surface area (Å²) < 4.78 is 5.73. The number of piperazine rings is 1. The molecule has 6 nitrogen and oxygen atoms in total. The average Bonchev–Trinajstić information content (AvgIpc) is 3.25. The molecular formula is C19H23ClN2O4. The second-order valence-corrected chi connectivity index (χ2v) is 7.84. The van der Waals surface area contributed by atoms with Gasteiger partial charge in [-0.1, -0.05) is 23.7 Å². The van der Waals surface area contributed by atoms with E-state index in [0.717, 1.165) is 37.5 Å². The molecule has 3 heterocycles. The summed E-state index contributed by atoms with van der Waals surface area (Å²) in [4.78, 5) is 28.7. The summed E-state index contributed by atoms with van der Waals surface area (Å²) in [6, 6.07) is 7.81. The fraction of sp³-hybridized carbons (Fsp3) is 0.579. The minimum atomic E-state index is -0.906. The Hall–Kier alpha value is -1.63. The van der Waals surface area contributed by atoms with Crippen LogP contribution in [0.4, 0.5) is 0 Å². The van der Waals surface area contributed by atoms with E-state index >= 15 is 0 Å². The molecule has 0 aliphatic carbocycles. The van der Waals surface area contributed by atoms with Crippen LogP contribution < -0.4 is 0 Å². The topological polar surface area (TPSA) is 70.1 Å². The van der Waals surface area contributed by atoms with Crippen LogP contribution in [0.2, 0.25) is 5.02 Å². The van der Waals surface area contributed by atoms with Crippen molar-refractivity contribution >= 4 is 23.5 Å². The van der Waals surface area contributed by atoms with E-state index in [1.54, 1.807) is 0 Å². The highest BCUT2D eigenvalue weighted by atomic mass is 35.5. The van der Waals surface area contributed by atoms with Gasteiger partial charge in [-0.05, 0) is 30.5 Å². The SMILES string of the molecule is O=C(O)[C@H]1[C@@H](C(=O)N2CCN(Cc3ccc(Cl)cc3)CC2)[C@H]2CC[C@H]1O2. The molecule has 4 rings (SSSR count). The van der Waals surface area contributed by atoms with Gasteiger partial charge in [0.15, 0.2) is 0 Å². The van der Waals surface area contributed by atoms with Gasteiger partial charge in [-0.2, -0.15) is 0 Å². The Bertz CT molecular complexity index is 687. The van der Waals surface area contributed by atoms with Gasteiger partial charge in [-0.3, -0.25) is 14.5 Å². The van der Waals surface area contributed by atoms with Crippen LogP contribution in [0.15, 0.2) is 24.3 Å². The maximum absolute atomic E-state index is 13.0. The number of carboxylic acid groups (broad SMARTS) is 1. The first kappa shape index (κ1) is 17.8. The van der Waals surface area contributed by atoms with Crippen molar-refractivity contribution in [2.45, 2.75) is 31.6 Å². The van der Waals surface area contributed by atoms with E-state index in [-0.39, 0.29) is 18.1 Å². The Morgan fingerprint density at radius 1 is 1.04 bits per heavy atom. The monoisotopic (exact) mass is 378 g/mol. The van der Waals surface area contributed by atoms with Crippen molar-refractivity contribution < 1.29 is 19.4 Å². The molecule has 0 aromatic heterocycles. The lowest BCUT2D eigenvalue weighted by Crippen LogP contribution is -2.53. The molecule has 1 amide bonds. The van der Waals surface area contributed by atoms with Crippen LogP contribution in [0, 0.1) is 11.8 Å². The second-order valence-electron chi connectivity index (χ2n) is 7.41. The lowest BCUT2D eigenvalue weighted by Gasteiger charge is -2.37. The quantitative estimate of drug-likeness (QED) is 0.866. The maximum Gasteiger partial charge on any atom is 0.310 e. The van der Waals surface area contributed by atoms with E-state index in [1.807, 2.05) is 29.2 Å². The minimum Gasteiger partial charge on any atom is -0.481 e. The van der Waals surface area contributed by atoms with Crippen molar-refractivity contribution in [3.8, 4) is 0 Å². The molecular weight excluding hydrogens is 356 g/mol. The van der Waals surface area contributed by atoms with Crippen LogP contribution in [0.1, 0.15) is 18.4 Å². The number of ether oxygens (including phenoxy) is 1. The standard InChI is InChI=1S/C19H23ClN2O4/c20-13-3-1-12(2-4-13)11-21-7-9-22(10-8-21)18(23)16-14-5-6-15(26-14)17(16)19(24)25/h1-4,14-17H,5-11H2,(H,24,25)/t14-,15-,16+,17-/m1/s1. The third-order valence-corrected chi connectivity index (χ3v) is 6.10. The molecule has 140 valence electrons. The molecule has 1 N–H and O–H groups in total. The fourth-order valence-corrected chi connectivity index (χ4v) is 4.62. The van der Waals surface area contributed by atoms with Crippen LogP contribution in [-0.2, 0) is 20.9 Å². The number of carbonyl (C=O) groups excluding carboxylic acids is 1. The normalized spacial score (nSPS) is 31.3. The third kappa shape index (κ3) is 3.33. The predicted octanol–water partition coefficient (Wildman–Crippen LogP) is 1.86. The summed E-state index contributed by atoms with van der Waals surface area (Å²) in [5.74, 6) is -2.16. The third-order valence-electron chi connectivity index (χ3n) is 5.85. The molecule has 3 aliphatic heterocycles. The highest BCUT2D eigenvalue weighted by Crippen LogP contribution is 2.44. The number of rotatable bonds is 4. The maximum atomic E-state index is 13.0. The van der Waals surface area contributed by atoms with Gasteiger partial charge in [0.25, 0.3) is 0 Å². The summed E-state index contributed by atoms with van der Waals surface area (Å²) in [6.07, 6.45) is 1.03. The highest BCUT2D eigenvalue weighted by molar-refractivity contribution is 6.30. The summed E-state index contributed by atoms with van der Waals surface area (Å²) in [5.41, 5.74) is 1.20. The molecule has 3 saturated heterocycles. The Morgan fingerprint density at radius 2 is 1.65 bits per heavy atom. The first-order valence-electron chi connectivity index (χ1n) is 9.17. The number of fused-ring (bicyclic) bond motifs is 2. The summed E-state index contributed by atoms with van der Waals surface area (Å²) in [5, 5.41) is 10.2. The number of carbonyl (C=O) groups is 2. The molecule has 0 radical (unpaired) electrons. The van der Waals surface area contributed by atoms with Gasteiger partial charge in [0.05, 0.1) is 24.0 Å². The first-order chi connectivity index (χ1) is 12.5. The van der Waals surface area contributed by atoms with Crippen LogP contribution in [0.3, 0.4) is 0 Å². The zero-order valence-electron chi connectivity index (χ0n) is 14.5. The zero-order chi connectivity index (χ0) is 18.3. The van der Waals surface area contributed by atoms with Gasteiger partial charge in [0.2, 0.25) is 5.91 Å². The Morgan fingerprint density at radius 3 is 2.27 bits per heavy atom. The van der Waals surface area contributed by atoms with Crippen molar-refractivity contribution in [3.63, 3.8) is 0 Å². The molecule has 3 aliphatic rings. The summed E-state index contributed by atoms with van der Waals surface area (Å²) in [6.45, 7) is 3.66. The first-order valence-corrected chi connectivity index (χ1v) is 9.54. The van der Waals surface area contributed by atoms with Gasteiger partial charge >= 0.3 is 5.97 Å². The number of aliphatic carboxylic acids is 1. The molecule has 4 atom stereocenters. The number of hydrogen-bond acceptors (Lipinski definition) is 4. The van der Waals surface area contributed by atoms with Crippen LogP contribution >= 0.6 is 11.6 Å². The van der Waals surface area contributed by atoms with Crippen molar-refractivity contribution in [2.24, 2.45) is 11.8 Å². The zero-order valence-corrected chi connectivity index (χ0v) is 15.3. The fourth-order valence-electron chi connectivity index (χ4n) is 4.49. The lowest BCUT2D eigenvalue weighted by molar-refractivity contribution is -0.151. The molecule has 7 heteroatoms. The van der Waals surface area contributed by atoms with E-state index in [1.165, 1.54) is 5.56 Å². The summed E-state index contributed by atoms with van der Waals surface area (Å²) >= 11 is 5.92. The number of carboxylic acids is 1. The van der Waals surface area contributed by atoms with Crippen LogP contribution in [-0.4, -0.2) is 65.2 Å². The van der Waals surface area contributed by atoms with Gasteiger partial charge in [-0.15, -0.1) is 0 Å². The smallest absolute Gasteiger partial charge is 0.310 e. The number of hydrogen-bond donors (Lipinski definition) is 1. The number of benzene rings is 1. The molecule has 0 spiro atoms. The van der Waals surface area contributed by atoms with E-state index < -0.39 is 17.8 Å². The molecule has 3 fully saturated rings. The van der Waals surface area contributed by atoms with Crippen molar-refractivity contribution in [1.82, 2.24) is 9.80 Å². The summed E-state index contributed by atoms with van der Waals surface area (Å²) in [7, 11) is 0. The van der Waals surface area contributed by atoms with Gasteiger partial charge in [0.1, 0.15) is 0 Å². The van der Waals surface area contributed by atoms with E-state index in [4.69, 9.17) is 16.3 Å². The number of halogens is 1. The molecule has 0 unspecified atom stereocenters. The molecule has 1 aromatic carbocycles. The van der Waals surface area contributed by atoms with E-state index in [0.29, 0.717) is 13.1 Å². The Kier molecular flexibility index (Phi) is 4.90. The lowest BCUT2D eigenvalue weighted by atomic mass is 9.78. The Balaban J connectivity index is 1.35.